The van der Waals surface area contributed by atoms with Gasteiger partial charge in [-0.15, -0.1) is 0 Å². The quantitative estimate of drug-likeness (QED) is 0.752. The molecular weight excluding hydrogens is 330 g/mol. The molecule has 0 radical (unpaired) electrons. The first kappa shape index (κ1) is 18.3. The average molecular weight is 355 g/mol. The van der Waals surface area contributed by atoms with Crippen LogP contribution in [0.3, 0.4) is 0 Å². The van der Waals surface area contributed by atoms with Crippen molar-refractivity contribution in [2.45, 2.75) is 13.5 Å². The van der Waals surface area contributed by atoms with Gasteiger partial charge in [0.25, 0.3) is 0 Å². The smallest absolute Gasteiger partial charge is 0.228 e. The van der Waals surface area contributed by atoms with Crippen LogP contribution in [-0.2, 0) is 16.1 Å². The maximum absolute atomic E-state index is 13.2. The van der Waals surface area contributed by atoms with E-state index in [2.05, 4.69) is 19.9 Å². The molecular formula is C19H25N5O2. The van der Waals surface area contributed by atoms with Crippen molar-refractivity contribution in [2.24, 2.45) is 11.8 Å². The first-order valence-electron chi connectivity index (χ1n) is 8.90. The minimum atomic E-state index is -0.112. The molecule has 2 atom stereocenters. The van der Waals surface area contributed by atoms with Gasteiger partial charge < -0.3 is 14.5 Å². The lowest BCUT2D eigenvalue weighted by molar-refractivity contribution is -0.137. The fraction of sp³-hybridized carbons (Fsp3) is 0.474. The van der Waals surface area contributed by atoms with Crippen LogP contribution in [-0.4, -0.2) is 59.1 Å². The number of ether oxygens (including phenoxy) is 1. The van der Waals surface area contributed by atoms with E-state index in [1.165, 1.54) is 0 Å². The number of rotatable bonds is 7. The van der Waals surface area contributed by atoms with E-state index in [0.29, 0.717) is 26.2 Å². The Morgan fingerprint density at radius 1 is 1.23 bits per heavy atom. The van der Waals surface area contributed by atoms with Crippen molar-refractivity contribution < 1.29 is 9.53 Å². The van der Waals surface area contributed by atoms with Crippen LogP contribution in [0, 0.1) is 11.8 Å². The van der Waals surface area contributed by atoms with Crippen LogP contribution in [0.2, 0.25) is 0 Å². The summed E-state index contributed by atoms with van der Waals surface area (Å²) in [5.74, 6) is 0.999. The van der Waals surface area contributed by atoms with Crippen molar-refractivity contribution in [3.63, 3.8) is 0 Å². The van der Waals surface area contributed by atoms with Gasteiger partial charge in [-0.2, -0.15) is 0 Å². The number of nitrogens with zero attached hydrogens (tertiary/aromatic N) is 5. The third-order valence-electron chi connectivity index (χ3n) is 4.83. The zero-order chi connectivity index (χ0) is 18.4. The monoisotopic (exact) mass is 355 g/mol. The SMILES string of the molecule is CCN(Cc1ccncc1)C(=O)C1CN(c2cnccn2)CC1COC. The minimum Gasteiger partial charge on any atom is -0.384 e. The molecule has 7 heteroatoms. The van der Waals surface area contributed by atoms with Gasteiger partial charge in [-0.3, -0.25) is 14.8 Å². The van der Waals surface area contributed by atoms with E-state index in [-0.39, 0.29) is 17.7 Å². The Balaban J connectivity index is 1.74. The zero-order valence-electron chi connectivity index (χ0n) is 15.3. The molecule has 0 aliphatic carbocycles. The van der Waals surface area contributed by atoms with Crippen molar-refractivity contribution in [1.82, 2.24) is 19.9 Å². The number of carbonyl (C=O) groups excluding carboxylic acids is 1. The molecule has 0 bridgehead atoms. The highest BCUT2D eigenvalue weighted by atomic mass is 16.5. The molecule has 3 heterocycles. The number of hydrogen-bond donors (Lipinski definition) is 0. The Morgan fingerprint density at radius 3 is 2.69 bits per heavy atom. The summed E-state index contributed by atoms with van der Waals surface area (Å²) in [5.41, 5.74) is 1.09. The highest BCUT2D eigenvalue weighted by molar-refractivity contribution is 5.80. The third-order valence-corrected chi connectivity index (χ3v) is 4.83. The van der Waals surface area contributed by atoms with E-state index < -0.39 is 0 Å². The van der Waals surface area contributed by atoms with Crippen molar-refractivity contribution in [2.75, 3.05) is 38.3 Å². The molecule has 0 spiro atoms. The lowest BCUT2D eigenvalue weighted by atomic mass is 9.95. The molecule has 0 N–H and O–H groups in total. The van der Waals surface area contributed by atoms with Gasteiger partial charge in [0.15, 0.2) is 0 Å². The van der Waals surface area contributed by atoms with Crippen molar-refractivity contribution in [3.05, 3.63) is 48.7 Å². The van der Waals surface area contributed by atoms with Crippen molar-refractivity contribution >= 4 is 11.7 Å². The van der Waals surface area contributed by atoms with Gasteiger partial charge in [0, 0.05) is 64.0 Å². The summed E-state index contributed by atoms with van der Waals surface area (Å²) in [6.07, 6.45) is 8.59. The van der Waals surface area contributed by atoms with Gasteiger partial charge >= 0.3 is 0 Å². The summed E-state index contributed by atoms with van der Waals surface area (Å²) in [4.78, 5) is 29.8. The molecule has 2 aromatic heterocycles. The van der Waals surface area contributed by atoms with Crippen LogP contribution in [0.1, 0.15) is 12.5 Å². The van der Waals surface area contributed by atoms with Crippen molar-refractivity contribution in [3.8, 4) is 0 Å². The highest BCUT2D eigenvalue weighted by Crippen LogP contribution is 2.29. The molecule has 1 amide bonds. The number of hydrogen-bond acceptors (Lipinski definition) is 6. The Labute approximate surface area is 154 Å². The van der Waals surface area contributed by atoms with Gasteiger partial charge in [0.05, 0.1) is 18.7 Å². The van der Waals surface area contributed by atoms with Gasteiger partial charge in [-0.25, -0.2) is 4.98 Å². The topological polar surface area (TPSA) is 71.5 Å². The summed E-state index contributed by atoms with van der Waals surface area (Å²) >= 11 is 0. The van der Waals surface area contributed by atoms with Crippen LogP contribution < -0.4 is 4.90 Å². The van der Waals surface area contributed by atoms with Crippen molar-refractivity contribution in [1.29, 1.82) is 0 Å². The molecule has 1 aliphatic rings. The first-order valence-corrected chi connectivity index (χ1v) is 8.90. The molecule has 2 aromatic rings. The molecule has 0 aromatic carbocycles. The Morgan fingerprint density at radius 2 is 2.04 bits per heavy atom. The summed E-state index contributed by atoms with van der Waals surface area (Å²) < 4.78 is 5.38. The second-order valence-corrected chi connectivity index (χ2v) is 6.50. The summed E-state index contributed by atoms with van der Waals surface area (Å²) in [6.45, 7) is 5.22. The number of methoxy groups -OCH3 is 1. The zero-order valence-corrected chi connectivity index (χ0v) is 15.3. The lowest BCUT2D eigenvalue weighted by Gasteiger charge is -2.26. The van der Waals surface area contributed by atoms with Gasteiger partial charge in [0.2, 0.25) is 5.91 Å². The molecule has 138 valence electrons. The van der Waals surface area contributed by atoms with E-state index in [1.54, 1.807) is 38.1 Å². The maximum atomic E-state index is 13.2. The molecule has 1 saturated heterocycles. The van der Waals surface area contributed by atoms with Crippen LogP contribution in [0.15, 0.2) is 43.1 Å². The minimum absolute atomic E-state index is 0.112. The fourth-order valence-corrected chi connectivity index (χ4v) is 3.46. The number of anilines is 1. The Hall–Kier alpha value is -2.54. The van der Waals surface area contributed by atoms with Gasteiger partial charge in [-0.05, 0) is 24.6 Å². The van der Waals surface area contributed by atoms with Crippen LogP contribution in [0.5, 0.6) is 0 Å². The summed E-state index contributed by atoms with van der Waals surface area (Å²) in [6, 6.07) is 3.90. The number of carbonyl (C=O) groups is 1. The van der Waals surface area contributed by atoms with E-state index >= 15 is 0 Å². The van der Waals surface area contributed by atoms with Gasteiger partial charge in [-0.1, -0.05) is 0 Å². The molecule has 2 unspecified atom stereocenters. The van der Waals surface area contributed by atoms with E-state index in [0.717, 1.165) is 17.9 Å². The third kappa shape index (κ3) is 4.16. The number of aromatic nitrogens is 3. The molecule has 7 nitrogen and oxygen atoms in total. The van der Waals surface area contributed by atoms with E-state index in [1.807, 2.05) is 24.0 Å². The molecule has 1 aliphatic heterocycles. The number of amides is 1. The van der Waals surface area contributed by atoms with E-state index in [4.69, 9.17) is 4.74 Å². The second-order valence-electron chi connectivity index (χ2n) is 6.50. The van der Waals surface area contributed by atoms with E-state index in [9.17, 15) is 4.79 Å². The Bertz CT molecular complexity index is 698. The van der Waals surface area contributed by atoms with Gasteiger partial charge in [0.1, 0.15) is 5.82 Å². The molecule has 26 heavy (non-hydrogen) atoms. The fourth-order valence-electron chi connectivity index (χ4n) is 3.46. The standard InChI is InChI=1S/C19H25N5O2/c1-3-23(11-15-4-6-20-7-5-15)19(25)17-13-24(12-16(17)14-26-2)18-10-21-8-9-22-18/h4-10,16-17H,3,11-14H2,1-2H3. The largest absolute Gasteiger partial charge is 0.384 e. The predicted molar refractivity (Wildman–Crippen MR) is 98.4 cm³/mol. The maximum Gasteiger partial charge on any atom is 0.228 e. The van der Waals surface area contributed by atoms with Crippen LogP contribution in [0.4, 0.5) is 5.82 Å². The molecule has 1 fully saturated rings. The Kier molecular flexibility index (Phi) is 6.12. The lowest BCUT2D eigenvalue weighted by Crippen LogP contribution is -2.39. The number of pyridine rings is 1. The summed E-state index contributed by atoms with van der Waals surface area (Å²) in [7, 11) is 1.68. The predicted octanol–water partition coefficient (Wildman–Crippen LogP) is 1.62. The van der Waals surface area contributed by atoms with Crippen LogP contribution in [0.25, 0.3) is 0 Å². The average Bonchev–Trinajstić information content (AvgIpc) is 3.11. The second kappa shape index (κ2) is 8.71. The van der Waals surface area contributed by atoms with Crippen LogP contribution >= 0.6 is 0 Å². The highest BCUT2D eigenvalue weighted by Gasteiger charge is 2.39. The molecule has 3 rings (SSSR count). The first-order chi connectivity index (χ1) is 12.7. The molecule has 0 saturated carbocycles. The summed E-state index contributed by atoms with van der Waals surface area (Å²) in [5, 5.41) is 0. The normalized spacial score (nSPS) is 19.5.